The summed E-state index contributed by atoms with van der Waals surface area (Å²) < 4.78 is 10.0. The van der Waals surface area contributed by atoms with Gasteiger partial charge in [-0.1, -0.05) is 63.3 Å². The van der Waals surface area contributed by atoms with E-state index in [0.29, 0.717) is 6.42 Å². The van der Waals surface area contributed by atoms with Crippen LogP contribution in [0.15, 0.2) is 24.3 Å². The molecule has 0 amide bonds. The molecule has 0 bridgehead atoms. The number of aliphatic hydroxyl groups excluding tert-OH is 4. The maximum absolute atomic E-state index is 12.0. The van der Waals surface area contributed by atoms with Crippen molar-refractivity contribution < 1.29 is 34.7 Å². The summed E-state index contributed by atoms with van der Waals surface area (Å²) >= 11 is 0. The topological polar surface area (TPSA) is 116 Å². The highest BCUT2D eigenvalue weighted by Gasteiger charge is 2.45. The molecule has 0 aliphatic carbocycles. The molecule has 7 nitrogen and oxygen atoms in total. The summed E-state index contributed by atoms with van der Waals surface area (Å²) in [7, 11) is 0. The lowest BCUT2D eigenvalue weighted by molar-refractivity contribution is -0.289. The number of esters is 1. The monoisotopic (exact) mass is 442 g/mol. The number of carbonyl (C=O) groups excluding carboxylic acids is 1. The second-order valence-electron chi connectivity index (χ2n) is 8.16. The quantitative estimate of drug-likeness (QED) is 0.165. The van der Waals surface area contributed by atoms with E-state index in [1.807, 2.05) is 0 Å². The zero-order valence-electron chi connectivity index (χ0n) is 18.9. The molecule has 31 heavy (non-hydrogen) atoms. The van der Waals surface area contributed by atoms with Crippen LogP contribution in [-0.2, 0) is 14.3 Å². The molecule has 180 valence electrons. The fourth-order valence-electron chi connectivity index (χ4n) is 3.50. The summed E-state index contributed by atoms with van der Waals surface area (Å²) in [5.41, 5.74) is 0. The Labute approximate surface area is 186 Å². The number of carbonyl (C=O) groups is 1. The average molecular weight is 443 g/mol. The van der Waals surface area contributed by atoms with Crippen molar-refractivity contribution >= 4 is 5.97 Å². The molecule has 1 heterocycles. The highest BCUT2D eigenvalue weighted by molar-refractivity contribution is 5.69. The van der Waals surface area contributed by atoms with Crippen LogP contribution in [0.25, 0.3) is 0 Å². The van der Waals surface area contributed by atoms with Crippen molar-refractivity contribution in [1.82, 2.24) is 0 Å². The summed E-state index contributed by atoms with van der Waals surface area (Å²) in [5, 5.41) is 38.6. The Hall–Kier alpha value is -1.25. The summed E-state index contributed by atoms with van der Waals surface area (Å²) in [5.74, 6) is -0.542. The van der Waals surface area contributed by atoms with E-state index in [0.717, 1.165) is 38.5 Å². The van der Waals surface area contributed by atoms with Crippen LogP contribution in [0.2, 0.25) is 0 Å². The van der Waals surface area contributed by atoms with Crippen molar-refractivity contribution in [3.8, 4) is 0 Å². The Kier molecular flexibility index (Phi) is 15.5. The van der Waals surface area contributed by atoms with Crippen LogP contribution in [0.5, 0.6) is 0 Å². The van der Waals surface area contributed by atoms with Crippen molar-refractivity contribution in [3.05, 3.63) is 24.3 Å². The normalized spacial score (nSPS) is 26.7. The van der Waals surface area contributed by atoms with Crippen molar-refractivity contribution in [2.24, 2.45) is 0 Å². The third-order valence-corrected chi connectivity index (χ3v) is 5.44. The largest absolute Gasteiger partial charge is 0.456 e. The Bertz CT molecular complexity index is 520. The zero-order chi connectivity index (χ0) is 22.9. The van der Waals surface area contributed by atoms with Gasteiger partial charge >= 0.3 is 5.97 Å². The maximum Gasteiger partial charge on any atom is 0.306 e. The van der Waals surface area contributed by atoms with Crippen LogP contribution in [0, 0.1) is 0 Å². The van der Waals surface area contributed by atoms with Crippen LogP contribution in [0.4, 0.5) is 0 Å². The van der Waals surface area contributed by atoms with Gasteiger partial charge in [-0.05, 0) is 38.5 Å². The van der Waals surface area contributed by atoms with Crippen LogP contribution in [0.3, 0.4) is 0 Å². The third-order valence-electron chi connectivity index (χ3n) is 5.44. The van der Waals surface area contributed by atoms with Crippen molar-refractivity contribution in [3.63, 3.8) is 0 Å². The molecule has 1 rings (SSSR count). The predicted molar refractivity (Wildman–Crippen MR) is 119 cm³/mol. The molecular formula is C24H42O7. The van der Waals surface area contributed by atoms with Crippen LogP contribution < -0.4 is 0 Å². The Morgan fingerprint density at radius 2 is 1.48 bits per heavy atom. The molecule has 0 unspecified atom stereocenters. The lowest BCUT2D eigenvalue weighted by Gasteiger charge is -2.39. The minimum Gasteiger partial charge on any atom is -0.456 e. The summed E-state index contributed by atoms with van der Waals surface area (Å²) in [6.07, 6.45) is 14.1. The predicted octanol–water partition coefficient (Wildman–Crippen LogP) is 3.14. The van der Waals surface area contributed by atoms with Crippen LogP contribution in [-0.4, -0.2) is 63.7 Å². The zero-order valence-corrected chi connectivity index (χ0v) is 18.9. The van der Waals surface area contributed by atoms with E-state index in [-0.39, 0.29) is 6.42 Å². The minimum atomic E-state index is -1.62. The molecule has 7 heteroatoms. The Balaban J connectivity index is 2.05. The van der Waals surface area contributed by atoms with Gasteiger partial charge in [0.2, 0.25) is 0 Å². The van der Waals surface area contributed by atoms with Gasteiger partial charge in [-0.2, -0.15) is 0 Å². The first-order chi connectivity index (χ1) is 15.0. The fourth-order valence-corrected chi connectivity index (χ4v) is 3.50. The highest BCUT2D eigenvalue weighted by Crippen LogP contribution is 2.23. The van der Waals surface area contributed by atoms with Crippen molar-refractivity contribution in [2.75, 3.05) is 6.61 Å². The first-order valence-electron chi connectivity index (χ1n) is 11.8. The smallest absolute Gasteiger partial charge is 0.306 e. The molecule has 5 atom stereocenters. The van der Waals surface area contributed by atoms with Gasteiger partial charge in [0.15, 0.2) is 12.4 Å². The van der Waals surface area contributed by atoms with E-state index in [2.05, 4.69) is 31.2 Å². The minimum absolute atomic E-state index is 0.182. The van der Waals surface area contributed by atoms with Crippen LogP contribution >= 0.6 is 0 Å². The van der Waals surface area contributed by atoms with Gasteiger partial charge in [0, 0.05) is 6.42 Å². The molecule has 0 aromatic carbocycles. The molecule has 4 N–H and O–H groups in total. The molecular weight excluding hydrogens is 400 g/mol. The number of allylic oxidation sites excluding steroid dienone is 4. The molecule has 0 aromatic rings. The first-order valence-corrected chi connectivity index (χ1v) is 11.8. The third kappa shape index (κ3) is 11.8. The van der Waals surface area contributed by atoms with Gasteiger partial charge in [0.1, 0.15) is 18.3 Å². The van der Waals surface area contributed by atoms with E-state index in [1.54, 1.807) is 0 Å². The van der Waals surface area contributed by atoms with E-state index in [1.165, 1.54) is 25.7 Å². The van der Waals surface area contributed by atoms with E-state index in [4.69, 9.17) is 14.6 Å². The lowest BCUT2D eigenvalue weighted by Crippen LogP contribution is -2.59. The number of hydrogen-bond acceptors (Lipinski definition) is 7. The maximum atomic E-state index is 12.0. The summed E-state index contributed by atoms with van der Waals surface area (Å²) in [6, 6.07) is 0. The van der Waals surface area contributed by atoms with Gasteiger partial charge in [-0.25, -0.2) is 0 Å². The van der Waals surface area contributed by atoms with Gasteiger partial charge in [-0.3, -0.25) is 4.79 Å². The van der Waals surface area contributed by atoms with Gasteiger partial charge in [-0.15, -0.1) is 0 Å². The molecule has 1 aliphatic heterocycles. The SMILES string of the molecule is CCCCCC=CCC=CCCCCCCCC(=O)O[C@@H]1[C@@H](O)[C@@H](O)O[C@H](CO)[C@H]1O. The molecule has 0 radical (unpaired) electrons. The highest BCUT2D eigenvalue weighted by atomic mass is 16.7. The molecule has 0 aromatic heterocycles. The molecule has 1 saturated heterocycles. The number of rotatable bonds is 16. The fraction of sp³-hybridized carbons (Fsp3) is 0.792. The standard InChI is InChI=1S/C24H42O7/c1-2-3-4-5-6-7-8-9-10-11-12-13-14-15-16-17-20(26)31-23-21(27)19(18-25)30-24(29)22(23)28/h6-7,9-10,19,21-25,27-29H,2-5,8,11-18H2,1H3/t19-,21-,22-,23+,24+/m1/s1. The van der Waals surface area contributed by atoms with E-state index < -0.39 is 43.3 Å². The van der Waals surface area contributed by atoms with Gasteiger partial charge in [0.05, 0.1) is 6.61 Å². The Morgan fingerprint density at radius 1 is 0.871 bits per heavy atom. The van der Waals surface area contributed by atoms with Crippen molar-refractivity contribution in [1.29, 1.82) is 0 Å². The molecule has 1 fully saturated rings. The number of ether oxygens (including phenoxy) is 2. The molecule has 1 aliphatic rings. The summed E-state index contributed by atoms with van der Waals surface area (Å²) in [4.78, 5) is 12.0. The summed E-state index contributed by atoms with van der Waals surface area (Å²) in [6.45, 7) is 1.66. The van der Waals surface area contributed by atoms with Crippen molar-refractivity contribution in [2.45, 2.75) is 115 Å². The second-order valence-corrected chi connectivity index (χ2v) is 8.16. The molecule has 0 spiro atoms. The van der Waals surface area contributed by atoms with Gasteiger partial charge in [0.25, 0.3) is 0 Å². The number of unbranched alkanes of at least 4 members (excludes halogenated alkanes) is 8. The first kappa shape index (κ1) is 27.8. The number of hydrogen-bond donors (Lipinski definition) is 4. The average Bonchev–Trinajstić information content (AvgIpc) is 2.76. The Morgan fingerprint density at radius 3 is 2.13 bits per heavy atom. The van der Waals surface area contributed by atoms with Crippen LogP contribution in [0.1, 0.15) is 84.0 Å². The van der Waals surface area contributed by atoms with Gasteiger partial charge < -0.3 is 29.9 Å². The molecule has 0 saturated carbocycles. The number of aliphatic hydroxyl groups is 4. The van der Waals surface area contributed by atoms with E-state index in [9.17, 15) is 20.1 Å². The second kappa shape index (κ2) is 17.3. The lowest BCUT2D eigenvalue weighted by atomic mass is 9.99. The van der Waals surface area contributed by atoms with E-state index >= 15 is 0 Å².